The molecule has 0 unspecified atom stereocenters. The summed E-state index contributed by atoms with van der Waals surface area (Å²) in [6.07, 6.45) is 0. The molecule has 0 saturated carbocycles. The number of nitriles is 12. The molecule has 0 fully saturated rings. The van der Waals surface area contributed by atoms with E-state index in [2.05, 4.69) is 0 Å². The van der Waals surface area contributed by atoms with Gasteiger partial charge in [-0.2, -0.15) is 0 Å². The Kier molecular flexibility index (Phi) is 6.46. The van der Waals surface area contributed by atoms with Crippen LogP contribution in [-0.4, -0.2) is 0 Å². The summed E-state index contributed by atoms with van der Waals surface area (Å²) >= 11 is 0. The Morgan fingerprint density at radius 2 is 0.333 bits per heavy atom. The van der Waals surface area contributed by atoms with Gasteiger partial charge in [0.1, 0.15) is 0 Å². The summed E-state index contributed by atoms with van der Waals surface area (Å²) in [7, 11) is -12.6. The summed E-state index contributed by atoms with van der Waals surface area (Å²) < 4.78 is 0. The normalized spacial score (nSPS) is 12.9. The first-order chi connectivity index (χ1) is 11.9. The van der Waals surface area contributed by atoms with Gasteiger partial charge in [0.05, 0.1) is 0 Å². The predicted octanol–water partition coefficient (Wildman–Crippen LogP) is 0.194. The van der Waals surface area contributed by atoms with Gasteiger partial charge in [0.25, 0.3) is 0 Å². The molecule has 0 aliphatic carbocycles. The average molecular weight is 478 g/mol. The topological polar surface area (TPSA) is 285 Å². The minimum absolute atomic E-state index is 0. The molecule has 0 N–H and O–H groups in total. The van der Waals surface area contributed by atoms with Crippen molar-refractivity contribution in [2.24, 2.45) is 0 Å². The van der Waals surface area contributed by atoms with Crippen LogP contribution in [0.1, 0.15) is 0 Å². The summed E-state index contributed by atoms with van der Waals surface area (Å²) in [4.78, 5) is 12.5. The van der Waals surface area contributed by atoms with Crippen molar-refractivity contribution in [3.05, 3.63) is 0 Å². The van der Waals surface area contributed by atoms with Crippen LogP contribution in [0.2, 0.25) is 0 Å². The first kappa shape index (κ1) is 27.3. The van der Waals surface area contributed by atoms with E-state index in [-0.39, 0.29) is 17.1 Å². The maximum absolute atomic E-state index is 8.58. The zero-order chi connectivity index (χ0) is 21.3. The van der Waals surface area contributed by atoms with E-state index in [1.807, 2.05) is 0 Å². The molecule has 0 aromatic carbocycles. The molecule has 0 spiro atoms. The van der Waals surface area contributed by atoms with E-state index < -0.39 is 21.5 Å². The van der Waals surface area contributed by atoms with Crippen molar-refractivity contribution in [2.75, 3.05) is 0 Å². The minimum Gasteiger partial charge on any atom is 2.00 e. The Morgan fingerprint density at radius 1 is 0.259 bits per heavy atom. The second kappa shape index (κ2) is 6.39. The van der Waals surface area contributed by atoms with Gasteiger partial charge >= 0.3 is 161 Å². The van der Waals surface area contributed by atoms with Gasteiger partial charge < -0.3 is 0 Å². The maximum atomic E-state index is 8.58. The van der Waals surface area contributed by atoms with E-state index in [1.165, 1.54) is 0 Å². The van der Waals surface area contributed by atoms with Gasteiger partial charge in [0.2, 0.25) is 0 Å². The summed E-state index contributed by atoms with van der Waals surface area (Å²) in [6.45, 7) is 0. The van der Waals surface area contributed by atoms with Crippen molar-refractivity contribution in [3.8, 4) is 59.6 Å². The second-order valence-electron chi connectivity index (χ2n) is 3.85. The molecule has 0 atom stereocenters. The van der Waals surface area contributed by atoms with Crippen LogP contribution in [0.3, 0.4) is 0 Å². The minimum atomic E-state index is -6.30. The van der Waals surface area contributed by atoms with Gasteiger partial charge in [-0.3, -0.25) is 0 Å². The molecule has 0 rings (SSSR count). The van der Waals surface area contributed by atoms with Crippen LogP contribution < -0.4 is 0 Å². The Labute approximate surface area is 160 Å². The maximum Gasteiger partial charge on any atom is 2.00 e. The molecule has 0 aromatic rings. The van der Waals surface area contributed by atoms with Crippen molar-refractivity contribution in [1.82, 2.24) is 0 Å². The predicted molar refractivity (Wildman–Crippen MR) is 67.4 cm³/mol. The molecule has 0 amide bonds. The number of hydrogen-bond acceptors (Lipinski definition) is 12. The van der Waals surface area contributed by atoms with Crippen LogP contribution in [0.25, 0.3) is 0 Å². The number of nitrogens with zero attached hydrogens (tertiary/aromatic N) is 12. The smallest absolute Gasteiger partial charge is 2.00 e. The SMILES string of the molecule is N#[C][Mn-]([C]#N)([C]#N)([C]#N)([C]#N)[C]#N.N#[C][Mn-]([C]#N)([C]#N)([C]#N)([C]#N)[C]#N.[Fe+2]. The number of hydrogen-bond donors (Lipinski definition) is 0. The molecule has 0 saturated heterocycles. The monoisotopic (exact) mass is 478 g/mol. The molecule has 0 aliphatic rings. The molecular formula is C12FeMn2N12. The average Bonchev–Trinajstić information content (AvgIpc) is 2.77. The molecule has 27 heavy (non-hydrogen) atoms. The Morgan fingerprint density at radius 3 is 0.333 bits per heavy atom. The van der Waals surface area contributed by atoms with E-state index in [4.69, 9.17) is 63.1 Å². The van der Waals surface area contributed by atoms with E-state index in [0.717, 1.165) is 59.6 Å². The molecule has 12 nitrogen and oxygen atoms in total. The second-order valence-corrected chi connectivity index (χ2v) is 15.9. The van der Waals surface area contributed by atoms with Crippen LogP contribution in [0.15, 0.2) is 0 Å². The van der Waals surface area contributed by atoms with Gasteiger partial charge in [-0.15, -0.1) is 0 Å². The molecule has 130 valence electrons. The van der Waals surface area contributed by atoms with Gasteiger partial charge in [-0.1, -0.05) is 0 Å². The molecule has 0 aliphatic heterocycles. The van der Waals surface area contributed by atoms with Gasteiger partial charge in [0, 0.05) is 0 Å². The fourth-order valence-corrected chi connectivity index (χ4v) is 2.34. The van der Waals surface area contributed by atoms with Gasteiger partial charge in [-0.05, 0) is 0 Å². The zero-order valence-electron chi connectivity index (χ0n) is 12.5. The Balaban J connectivity index is -0.000000411. The third-order valence-corrected chi connectivity index (χ3v) is 10.5. The van der Waals surface area contributed by atoms with Crippen LogP contribution in [0.5, 0.6) is 0 Å². The van der Waals surface area contributed by atoms with E-state index in [0.29, 0.717) is 0 Å². The third kappa shape index (κ3) is 2.64. The molecule has 0 radical (unpaired) electrons. The summed E-state index contributed by atoms with van der Waals surface area (Å²) in [5.41, 5.74) is 0. The van der Waals surface area contributed by atoms with E-state index in [1.54, 1.807) is 0 Å². The molecular weight excluding hydrogens is 478 g/mol. The standard InChI is InChI=1S/12CN.Fe.2Mn/c12*1-2;;;/q;;;;;;;;;;;;+2;2*-1. The molecule has 0 heterocycles. The van der Waals surface area contributed by atoms with Crippen LogP contribution >= 0.6 is 0 Å². The summed E-state index contributed by atoms with van der Waals surface area (Å²) in [5, 5.41) is 103. The first-order valence-corrected chi connectivity index (χ1v) is 12.0. The molecule has 0 aromatic heterocycles. The summed E-state index contributed by atoms with van der Waals surface area (Å²) in [5.74, 6) is 0. The van der Waals surface area contributed by atoms with Gasteiger partial charge in [0.15, 0.2) is 0 Å². The van der Waals surface area contributed by atoms with Crippen molar-refractivity contribution in [2.45, 2.75) is 0 Å². The Bertz CT molecular complexity index is 882. The van der Waals surface area contributed by atoms with E-state index in [9.17, 15) is 0 Å². The summed E-state index contributed by atoms with van der Waals surface area (Å²) in [6, 6.07) is 0. The van der Waals surface area contributed by atoms with Crippen molar-refractivity contribution < 1.29 is 38.5 Å². The zero-order valence-corrected chi connectivity index (χ0v) is 15.9. The fourth-order valence-electron chi connectivity index (χ4n) is 0.567. The van der Waals surface area contributed by atoms with Crippen LogP contribution in [0, 0.1) is 123 Å². The Hall–Kier alpha value is -4.56. The van der Waals surface area contributed by atoms with Gasteiger partial charge in [-0.25, -0.2) is 0 Å². The van der Waals surface area contributed by atoms with Crippen molar-refractivity contribution in [3.63, 3.8) is 0 Å². The van der Waals surface area contributed by atoms with E-state index >= 15 is 0 Å². The quantitative estimate of drug-likeness (QED) is 0.422. The molecule has 15 heteroatoms. The molecule has 0 bridgehead atoms. The largest absolute Gasteiger partial charge is 2.00 e. The first-order valence-electron chi connectivity index (χ1n) is 4.95. The van der Waals surface area contributed by atoms with Crippen molar-refractivity contribution in [1.29, 1.82) is 63.1 Å². The number of rotatable bonds is 0. The fraction of sp³-hybridized carbons (Fsp3) is 0. The van der Waals surface area contributed by atoms with Crippen molar-refractivity contribution >= 4 is 0 Å². The van der Waals surface area contributed by atoms with Crippen LogP contribution in [-0.2, 0) is 38.5 Å². The van der Waals surface area contributed by atoms with Crippen LogP contribution in [0.4, 0.5) is 0 Å². The third-order valence-electron chi connectivity index (χ3n) is 2.54.